The molecule has 0 spiro atoms. The highest BCUT2D eigenvalue weighted by molar-refractivity contribution is 6.42. The first-order valence-electron chi connectivity index (χ1n) is 5.11. The van der Waals surface area contributed by atoms with Crippen LogP contribution in [0.4, 0.5) is 0 Å². The summed E-state index contributed by atoms with van der Waals surface area (Å²) in [5.74, 6) is 0.286. The van der Waals surface area contributed by atoms with Gasteiger partial charge in [0.05, 0.1) is 22.7 Å². The van der Waals surface area contributed by atoms with Crippen LogP contribution in [0, 0.1) is 0 Å². The molecule has 0 fully saturated rings. The van der Waals surface area contributed by atoms with Gasteiger partial charge in [0.25, 0.3) is 0 Å². The summed E-state index contributed by atoms with van der Waals surface area (Å²) in [6.45, 7) is 0. The zero-order valence-corrected chi connectivity index (χ0v) is 11.0. The van der Waals surface area contributed by atoms with Gasteiger partial charge in [0.1, 0.15) is 0 Å². The average molecular weight is 282 g/mol. The fourth-order valence-corrected chi connectivity index (χ4v) is 1.94. The van der Waals surface area contributed by atoms with Gasteiger partial charge in [-0.05, 0) is 29.3 Å². The van der Waals surface area contributed by atoms with Crippen molar-refractivity contribution >= 4 is 29.5 Å². The van der Waals surface area contributed by atoms with Crippen molar-refractivity contribution in [1.29, 1.82) is 0 Å². The Bertz CT molecular complexity index is 600. The second-order valence-corrected chi connectivity index (χ2v) is 4.34. The standard InChI is InChI=1S/C13H9Cl2NO2/c1-18-13-10(7-17)9(4-5-16-13)8-2-3-11(14)12(15)6-8/h2-7H,1H3. The summed E-state index contributed by atoms with van der Waals surface area (Å²) in [7, 11) is 1.47. The third kappa shape index (κ3) is 2.33. The number of carbonyl (C=O) groups is 1. The number of aldehydes is 1. The highest BCUT2D eigenvalue weighted by Crippen LogP contribution is 2.32. The van der Waals surface area contributed by atoms with Crippen LogP contribution in [0.1, 0.15) is 10.4 Å². The van der Waals surface area contributed by atoms with Gasteiger partial charge in [-0.1, -0.05) is 29.3 Å². The quantitative estimate of drug-likeness (QED) is 0.802. The average Bonchev–Trinajstić information content (AvgIpc) is 2.40. The number of aromatic nitrogens is 1. The first-order valence-corrected chi connectivity index (χ1v) is 5.86. The summed E-state index contributed by atoms with van der Waals surface area (Å²) in [5.41, 5.74) is 1.88. The van der Waals surface area contributed by atoms with E-state index in [4.69, 9.17) is 27.9 Å². The Balaban J connectivity index is 2.63. The maximum Gasteiger partial charge on any atom is 0.224 e. The van der Waals surface area contributed by atoms with Crippen LogP contribution in [0.5, 0.6) is 5.88 Å². The van der Waals surface area contributed by atoms with Crippen molar-refractivity contribution in [1.82, 2.24) is 4.98 Å². The molecule has 2 rings (SSSR count). The van der Waals surface area contributed by atoms with E-state index in [-0.39, 0.29) is 5.88 Å². The van der Waals surface area contributed by atoms with Crippen molar-refractivity contribution in [3.63, 3.8) is 0 Å². The van der Waals surface area contributed by atoms with E-state index in [2.05, 4.69) is 4.98 Å². The van der Waals surface area contributed by atoms with Crippen LogP contribution in [0.25, 0.3) is 11.1 Å². The molecule has 0 bridgehead atoms. The monoisotopic (exact) mass is 281 g/mol. The van der Waals surface area contributed by atoms with Crippen molar-refractivity contribution in [3.05, 3.63) is 46.1 Å². The summed E-state index contributed by atoms with van der Waals surface area (Å²) >= 11 is 11.8. The van der Waals surface area contributed by atoms with Gasteiger partial charge in [0, 0.05) is 6.20 Å². The molecule has 0 atom stereocenters. The van der Waals surface area contributed by atoms with Crippen LogP contribution in [0.2, 0.25) is 10.0 Å². The molecule has 3 nitrogen and oxygen atoms in total. The van der Waals surface area contributed by atoms with E-state index in [1.54, 1.807) is 30.5 Å². The topological polar surface area (TPSA) is 39.2 Å². The Morgan fingerprint density at radius 1 is 1.22 bits per heavy atom. The molecule has 0 saturated carbocycles. The van der Waals surface area contributed by atoms with E-state index in [0.29, 0.717) is 27.5 Å². The van der Waals surface area contributed by atoms with Crippen LogP contribution >= 0.6 is 23.2 Å². The minimum atomic E-state index is 0.286. The molecule has 0 unspecified atom stereocenters. The molecular formula is C13H9Cl2NO2. The van der Waals surface area contributed by atoms with Crippen molar-refractivity contribution < 1.29 is 9.53 Å². The number of rotatable bonds is 3. The SMILES string of the molecule is COc1nccc(-c2ccc(Cl)c(Cl)c2)c1C=O. The zero-order chi connectivity index (χ0) is 13.1. The number of carbonyl (C=O) groups excluding carboxylic acids is 1. The predicted molar refractivity (Wildman–Crippen MR) is 71.6 cm³/mol. The van der Waals surface area contributed by atoms with Crippen molar-refractivity contribution in [3.8, 4) is 17.0 Å². The third-order valence-electron chi connectivity index (χ3n) is 2.50. The molecule has 0 amide bonds. The number of pyridine rings is 1. The summed E-state index contributed by atoms with van der Waals surface area (Å²) in [4.78, 5) is 15.1. The Morgan fingerprint density at radius 2 is 2.00 bits per heavy atom. The third-order valence-corrected chi connectivity index (χ3v) is 3.23. The van der Waals surface area contributed by atoms with Crippen LogP contribution in [0.15, 0.2) is 30.5 Å². The maximum absolute atomic E-state index is 11.2. The largest absolute Gasteiger partial charge is 0.480 e. The number of ether oxygens (including phenoxy) is 1. The Morgan fingerprint density at radius 3 is 2.61 bits per heavy atom. The molecule has 0 saturated heterocycles. The zero-order valence-electron chi connectivity index (χ0n) is 9.48. The summed E-state index contributed by atoms with van der Waals surface area (Å²) in [6.07, 6.45) is 2.29. The summed E-state index contributed by atoms with van der Waals surface area (Å²) < 4.78 is 5.05. The number of methoxy groups -OCH3 is 1. The molecule has 0 aliphatic heterocycles. The lowest BCUT2D eigenvalue weighted by molar-refractivity contribution is 0.112. The molecule has 1 heterocycles. The first-order chi connectivity index (χ1) is 8.67. The highest BCUT2D eigenvalue weighted by Gasteiger charge is 2.12. The normalized spacial score (nSPS) is 10.2. The smallest absolute Gasteiger partial charge is 0.224 e. The molecule has 1 aromatic carbocycles. The summed E-state index contributed by atoms with van der Waals surface area (Å²) in [5, 5.41) is 0.899. The van der Waals surface area contributed by atoms with Gasteiger partial charge in [-0.25, -0.2) is 4.98 Å². The molecule has 0 aliphatic carbocycles. The van der Waals surface area contributed by atoms with E-state index in [1.165, 1.54) is 7.11 Å². The van der Waals surface area contributed by atoms with Crippen LogP contribution in [0.3, 0.4) is 0 Å². The highest BCUT2D eigenvalue weighted by atomic mass is 35.5. The van der Waals surface area contributed by atoms with E-state index in [0.717, 1.165) is 5.56 Å². The lowest BCUT2D eigenvalue weighted by Crippen LogP contribution is -1.96. The second kappa shape index (κ2) is 5.38. The predicted octanol–water partition coefficient (Wildman–Crippen LogP) is 3.88. The molecule has 0 N–H and O–H groups in total. The van der Waals surface area contributed by atoms with Crippen molar-refractivity contribution in [2.24, 2.45) is 0 Å². The first kappa shape index (κ1) is 12.9. The molecule has 5 heteroatoms. The number of halogens is 2. The second-order valence-electron chi connectivity index (χ2n) is 3.53. The molecule has 1 aromatic heterocycles. The van der Waals surface area contributed by atoms with Crippen molar-refractivity contribution in [2.75, 3.05) is 7.11 Å². The Hall–Kier alpha value is -1.58. The number of hydrogen-bond donors (Lipinski definition) is 0. The molecular weight excluding hydrogens is 273 g/mol. The van der Waals surface area contributed by atoms with Crippen LogP contribution in [-0.2, 0) is 0 Å². The molecule has 18 heavy (non-hydrogen) atoms. The molecule has 92 valence electrons. The van der Waals surface area contributed by atoms with E-state index >= 15 is 0 Å². The molecule has 2 aromatic rings. The lowest BCUT2D eigenvalue weighted by Gasteiger charge is -2.09. The Labute approximate surface area is 114 Å². The van der Waals surface area contributed by atoms with E-state index < -0.39 is 0 Å². The molecule has 0 radical (unpaired) electrons. The number of nitrogens with zero attached hydrogens (tertiary/aromatic N) is 1. The molecule has 0 aliphatic rings. The minimum absolute atomic E-state index is 0.286. The minimum Gasteiger partial charge on any atom is -0.480 e. The van der Waals surface area contributed by atoms with Gasteiger partial charge in [0.15, 0.2) is 6.29 Å². The number of hydrogen-bond acceptors (Lipinski definition) is 3. The van der Waals surface area contributed by atoms with Crippen LogP contribution in [-0.4, -0.2) is 18.4 Å². The lowest BCUT2D eigenvalue weighted by atomic mass is 10.0. The van der Waals surface area contributed by atoms with Crippen molar-refractivity contribution in [2.45, 2.75) is 0 Å². The van der Waals surface area contributed by atoms with Gasteiger partial charge < -0.3 is 4.74 Å². The fourth-order valence-electron chi connectivity index (χ4n) is 1.65. The van der Waals surface area contributed by atoms with E-state index in [1.807, 2.05) is 0 Å². The van der Waals surface area contributed by atoms with Gasteiger partial charge in [-0.3, -0.25) is 4.79 Å². The van der Waals surface area contributed by atoms with E-state index in [9.17, 15) is 4.79 Å². The van der Waals surface area contributed by atoms with Gasteiger partial charge in [0.2, 0.25) is 5.88 Å². The fraction of sp³-hybridized carbons (Fsp3) is 0.0769. The Kier molecular flexibility index (Phi) is 3.84. The summed E-state index contributed by atoms with van der Waals surface area (Å²) in [6, 6.07) is 6.90. The maximum atomic E-state index is 11.2. The van der Waals surface area contributed by atoms with Crippen LogP contribution < -0.4 is 4.74 Å². The number of benzene rings is 1. The van der Waals surface area contributed by atoms with Gasteiger partial charge >= 0.3 is 0 Å². The van der Waals surface area contributed by atoms with Gasteiger partial charge in [-0.2, -0.15) is 0 Å². The van der Waals surface area contributed by atoms with Gasteiger partial charge in [-0.15, -0.1) is 0 Å².